The molecule has 0 fully saturated rings. The van der Waals surface area contributed by atoms with Crippen LogP contribution < -0.4 is 10.6 Å². The van der Waals surface area contributed by atoms with Gasteiger partial charge in [0.25, 0.3) is 0 Å². The average Bonchev–Trinajstić information content (AvgIpc) is 2.74. The predicted molar refractivity (Wildman–Crippen MR) is 87.0 cm³/mol. The van der Waals surface area contributed by atoms with Crippen LogP contribution in [-0.4, -0.2) is 11.8 Å². The lowest BCUT2D eigenvalue weighted by Crippen LogP contribution is -2.14. The van der Waals surface area contributed by atoms with E-state index in [4.69, 9.17) is 0 Å². The van der Waals surface area contributed by atoms with E-state index in [2.05, 4.69) is 10.6 Å². The van der Waals surface area contributed by atoms with Gasteiger partial charge < -0.3 is 10.6 Å². The lowest BCUT2D eigenvalue weighted by atomic mass is 10.0. The molecule has 0 spiro atoms. The van der Waals surface area contributed by atoms with E-state index in [-0.39, 0.29) is 17.7 Å². The van der Waals surface area contributed by atoms with Crippen LogP contribution in [0.3, 0.4) is 0 Å². The molecule has 2 amide bonds. The van der Waals surface area contributed by atoms with Gasteiger partial charge in [0.2, 0.25) is 11.8 Å². The third-order valence-corrected chi connectivity index (χ3v) is 3.90. The molecule has 1 heterocycles. The van der Waals surface area contributed by atoms with Gasteiger partial charge in [-0.1, -0.05) is 29.8 Å². The van der Waals surface area contributed by atoms with Crippen molar-refractivity contribution >= 4 is 23.2 Å². The minimum atomic E-state index is -0.177. The summed E-state index contributed by atoms with van der Waals surface area (Å²) >= 11 is 0. The number of rotatable bonds is 3. The number of benzene rings is 2. The van der Waals surface area contributed by atoms with Gasteiger partial charge in [-0.15, -0.1) is 0 Å². The van der Waals surface area contributed by atoms with E-state index in [1.807, 2.05) is 56.3 Å². The molecular formula is C18H18N2O2. The van der Waals surface area contributed by atoms with Crippen molar-refractivity contribution in [3.63, 3.8) is 0 Å². The third kappa shape index (κ3) is 2.86. The van der Waals surface area contributed by atoms with E-state index in [1.54, 1.807) is 0 Å². The summed E-state index contributed by atoms with van der Waals surface area (Å²) < 4.78 is 0. The molecule has 4 nitrogen and oxygen atoms in total. The first-order chi connectivity index (χ1) is 10.5. The van der Waals surface area contributed by atoms with Crippen molar-refractivity contribution < 1.29 is 9.59 Å². The number of hydrogen-bond acceptors (Lipinski definition) is 2. The fourth-order valence-electron chi connectivity index (χ4n) is 2.71. The van der Waals surface area contributed by atoms with Gasteiger partial charge in [-0.2, -0.15) is 0 Å². The molecule has 0 saturated heterocycles. The van der Waals surface area contributed by atoms with Crippen molar-refractivity contribution in [1.82, 2.24) is 0 Å². The Labute approximate surface area is 129 Å². The van der Waals surface area contributed by atoms with E-state index in [0.29, 0.717) is 6.42 Å². The molecule has 22 heavy (non-hydrogen) atoms. The highest BCUT2D eigenvalue weighted by Gasteiger charge is 2.26. The number of fused-ring (bicyclic) bond motifs is 1. The largest absolute Gasteiger partial charge is 0.326 e. The molecule has 0 aromatic heterocycles. The first-order valence-corrected chi connectivity index (χ1v) is 7.33. The van der Waals surface area contributed by atoms with Crippen molar-refractivity contribution in [3.8, 4) is 0 Å². The molecule has 1 aliphatic heterocycles. The molecule has 0 saturated carbocycles. The monoisotopic (exact) mass is 294 g/mol. The first-order valence-electron chi connectivity index (χ1n) is 7.33. The Balaban J connectivity index is 1.71. The third-order valence-electron chi connectivity index (χ3n) is 3.90. The van der Waals surface area contributed by atoms with Gasteiger partial charge >= 0.3 is 0 Å². The van der Waals surface area contributed by atoms with Crippen LogP contribution in [0.15, 0.2) is 42.5 Å². The zero-order valence-corrected chi connectivity index (χ0v) is 12.6. The average molecular weight is 294 g/mol. The number of amides is 2. The second-order valence-electron chi connectivity index (χ2n) is 5.73. The number of anilines is 2. The molecule has 0 bridgehead atoms. The summed E-state index contributed by atoms with van der Waals surface area (Å²) in [4.78, 5) is 23.8. The lowest BCUT2D eigenvalue weighted by Gasteiger charge is -2.08. The van der Waals surface area contributed by atoms with Crippen LogP contribution in [0, 0.1) is 6.92 Å². The fourth-order valence-corrected chi connectivity index (χ4v) is 2.71. The van der Waals surface area contributed by atoms with E-state index in [0.717, 1.165) is 28.1 Å². The highest BCUT2D eigenvalue weighted by Crippen LogP contribution is 2.33. The highest BCUT2D eigenvalue weighted by molar-refractivity contribution is 6.03. The maximum Gasteiger partial charge on any atom is 0.231 e. The predicted octanol–water partition coefficient (Wildman–Crippen LogP) is 3.23. The number of carbonyl (C=O) groups is 2. The Bertz CT molecular complexity index is 753. The second kappa shape index (κ2) is 5.64. The van der Waals surface area contributed by atoms with Gasteiger partial charge in [-0.3, -0.25) is 9.59 Å². The Morgan fingerprint density at radius 2 is 2.05 bits per heavy atom. The second-order valence-corrected chi connectivity index (χ2v) is 5.73. The topological polar surface area (TPSA) is 58.2 Å². The SMILES string of the molecule is Cc1cccc(CC(=O)Nc2ccc3c(c2)C(C)C(=O)N3)c1. The zero-order chi connectivity index (χ0) is 15.7. The zero-order valence-electron chi connectivity index (χ0n) is 12.6. The highest BCUT2D eigenvalue weighted by atomic mass is 16.2. The molecule has 1 atom stereocenters. The Kier molecular flexibility index (Phi) is 3.67. The van der Waals surface area contributed by atoms with E-state index in [1.165, 1.54) is 0 Å². The first kappa shape index (κ1) is 14.3. The molecule has 1 aliphatic rings. The van der Waals surface area contributed by atoms with E-state index >= 15 is 0 Å². The van der Waals surface area contributed by atoms with E-state index in [9.17, 15) is 9.59 Å². The molecule has 2 aromatic rings. The molecule has 112 valence electrons. The van der Waals surface area contributed by atoms with Crippen LogP contribution in [-0.2, 0) is 16.0 Å². The maximum atomic E-state index is 12.1. The molecule has 4 heteroatoms. The van der Waals surface area contributed by atoms with Gasteiger partial charge in [0.15, 0.2) is 0 Å². The van der Waals surface area contributed by atoms with Crippen LogP contribution >= 0.6 is 0 Å². The fraction of sp³-hybridized carbons (Fsp3) is 0.222. The molecule has 0 aliphatic carbocycles. The van der Waals surface area contributed by atoms with Crippen LogP contribution in [0.5, 0.6) is 0 Å². The van der Waals surface area contributed by atoms with Crippen LogP contribution in [0.1, 0.15) is 29.5 Å². The Morgan fingerprint density at radius 3 is 2.82 bits per heavy atom. The summed E-state index contributed by atoms with van der Waals surface area (Å²) in [6.45, 7) is 3.87. The van der Waals surface area contributed by atoms with Crippen LogP contribution in [0.2, 0.25) is 0 Å². The summed E-state index contributed by atoms with van der Waals surface area (Å²) in [7, 11) is 0. The summed E-state index contributed by atoms with van der Waals surface area (Å²) in [6, 6.07) is 13.4. The van der Waals surface area contributed by atoms with Crippen molar-refractivity contribution in [2.45, 2.75) is 26.2 Å². The Hall–Kier alpha value is -2.62. The van der Waals surface area contributed by atoms with Gasteiger partial charge in [-0.05, 0) is 43.2 Å². The molecule has 1 unspecified atom stereocenters. The van der Waals surface area contributed by atoms with Gasteiger partial charge in [-0.25, -0.2) is 0 Å². The van der Waals surface area contributed by atoms with Crippen LogP contribution in [0.25, 0.3) is 0 Å². The minimum Gasteiger partial charge on any atom is -0.326 e. The number of nitrogens with one attached hydrogen (secondary N) is 2. The molecule has 2 N–H and O–H groups in total. The quantitative estimate of drug-likeness (QED) is 0.913. The number of hydrogen-bond donors (Lipinski definition) is 2. The van der Waals surface area contributed by atoms with Crippen molar-refractivity contribution in [3.05, 3.63) is 59.2 Å². The summed E-state index contributed by atoms with van der Waals surface area (Å²) in [5, 5.41) is 5.72. The maximum absolute atomic E-state index is 12.1. The van der Waals surface area contributed by atoms with Gasteiger partial charge in [0.05, 0.1) is 12.3 Å². The summed E-state index contributed by atoms with van der Waals surface area (Å²) in [5.74, 6) is -0.239. The standard InChI is InChI=1S/C18H18N2O2/c1-11-4-3-5-13(8-11)9-17(21)19-14-6-7-16-15(10-14)12(2)18(22)20-16/h3-8,10,12H,9H2,1-2H3,(H,19,21)(H,20,22). The molecule has 0 radical (unpaired) electrons. The smallest absolute Gasteiger partial charge is 0.231 e. The molecule has 2 aromatic carbocycles. The van der Waals surface area contributed by atoms with Gasteiger partial charge in [0, 0.05) is 11.4 Å². The van der Waals surface area contributed by atoms with Crippen LogP contribution in [0.4, 0.5) is 11.4 Å². The lowest BCUT2D eigenvalue weighted by molar-refractivity contribution is -0.117. The summed E-state index contributed by atoms with van der Waals surface area (Å²) in [5.41, 5.74) is 4.61. The number of aryl methyl sites for hydroxylation is 1. The Morgan fingerprint density at radius 1 is 1.23 bits per heavy atom. The minimum absolute atomic E-state index is 0.00163. The van der Waals surface area contributed by atoms with Crippen molar-refractivity contribution in [2.24, 2.45) is 0 Å². The van der Waals surface area contributed by atoms with E-state index < -0.39 is 0 Å². The van der Waals surface area contributed by atoms with Crippen molar-refractivity contribution in [2.75, 3.05) is 10.6 Å². The van der Waals surface area contributed by atoms with Crippen molar-refractivity contribution in [1.29, 1.82) is 0 Å². The van der Waals surface area contributed by atoms with Gasteiger partial charge in [0.1, 0.15) is 0 Å². The normalized spacial score (nSPS) is 16.1. The number of carbonyl (C=O) groups excluding carboxylic acids is 2. The molecule has 3 rings (SSSR count). The summed E-state index contributed by atoms with van der Waals surface area (Å²) in [6.07, 6.45) is 0.339. The molecular weight excluding hydrogens is 276 g/mol.